The second kappa shape index (κ2) is 7.69. The average Bonchev–Trinajstić information content (AvgIpc) is 3.07. The molecular weight excluding hydrogens is 469 g/mol. The van der Waals surface area contributed by atoms with Crippen LogP contribution in [0.5, 0.6) is 0 Å². The lowest BCUT2D eigenvalue weighted by molar-refractivity contribution is -0.142. The largest absolute Gasteiger partial charge is 0.375 e. The number of aromatic nitrogens is 5. The fourth-order valence-corrected chi connectivity index (χ4v) is 6.40. The third-order valence-corrected chi connectivity index (χ3v) is 8.10. The summed E-state index contributed by atoms with van der Waals surface area (Å²) in [7, 11) is 0. The predicted octanol–water partition coefficient (Wildman–Crippen LogP) is 3.46. The predicted molar refractivity (Wildman–Crippen MR) is 129 cm³/mol. The first-order valence-electron chi connectivity index (χ1n) is 12.2. The highest BCUT2D eigenvalue weighted by Crippen LogP contribution is 2.56. The van der Waals surface area contributed by atoms with Crippen LogP contribution < -0.4 is 4.90 Å². The number of aryl methyl sites for hydroxylation is 1. The molecule has 4 aliphatic rings. The Kier molecular flexibility index (Phi) is 4.75. The fraction of sp³-hybridized carbons (Fsp3) is 0.520. The Morgan fingerprint density at radius 2 is 1.97 bits per heavy atom. The van der Waals surface area contributed by atoms with E-state index in [1.807, 2.05) is 37.4 Å². The van der Waals surface area contributed by atoms with Gasteiger partial charge >= 0.3 is 0 Å². The topological polar surface area (TPSA) is 72.2 Å². The molecule has 10 heteroatoms. The van der Waals surface area contributed by atoms with Crippen molar-refractivity contribution in [1.82, 2.24) is 29.6 Å². The number of anilines is 1. The standard InChI is InChI=1S/C25H27ClFN7O/c1-16-4-5-28-23(29-16)33-11-24(12-33)7-18(8-24)22-31-30-21-10-32(13-25(27)14-35-15-25)9-17-6-19(26)2-3-20(17)34(21)22/h2-6,18H,7-15H2,1H3. The third-order valence-electron chi connectivity index (χ3n) is 7.87. The van der Waals surface area contributed by atoms with Gasteiger partial charge in [-0.25, -0.2) is 14.4 Å². The third kappa shape index (κ3) is 3.63. The molecule has 0 bridgehead atoms. The maximum Gasteiger partial charge on any atom is 0.225 e. The van der Waals surface area contributed by atoms with Crippen LogP contribution in [-0.2, 0) is 17.8 Å². The van der Waals surface area contributed by atoms with E-state index in [0.717, 1.165) is 60.5 Å². The lowest BCUT2D eigenvalue weighted by Gasteiger charge is -2.58. The Bertz CT molecular complexity index is 1290. The minimum atomic E-state index is -1.30. The van der Waals surface area contributed by atoms with Gasteiger partial charge in [0.2, 0.25) is 5.95 Å². The number of hydrogen-bond acceptors (Lipinski definition) is 7. The normalized spacial score (nSPS) is 22.5. The van der Waals surface area contributed by atoms with E-state index in [9.17, 15) is 4.39 Å². The molecule has 1 aromatic carbocycles. The first-order valence-corrected chi connectivity index (χ1v) is 12.5. The van der Waals surface area contributed by atoms with Crippen LogP contribution in [0.2, 0.25) is 5.02 Å². The molecule has 5 heterocycles. The number of nitrogens with zero attached hydrogens (tertiary/aromatic N) is 7. The SMILES string of the molecule is Cc1ccnc(N2CC3(CC(c4nnc5n4-c4ccc(Cl)cc4CN(CC4(F)COC4)C5)C3)C2)n1. The molecule has 0 N–H and O–H groups in total. The number of benzene rings is 1. The van der Waals surface area contributed by atoms with E-state index in [1.54, 1.807) is 0 Å². The minimum absolute atomic E-state index is 0.151. The van der Waals surface area contributed by atoms with Gasteiger partial charge in [-0.1, -0.05) is 11.6 Å². The van der Waals surface area contributed by atoms with Crippen molar-refractivity contribution < 1.29 is 9.13 Å². The molecule has 2 aromatic heterocycles. The van der Waals surface area contributed by atoms with Gasteiger partial charge in [-0.15, -0.1) is 10.2 Å². The molecule has 0 radical (unpaired) electrons. The Labute approximate surface area is 208 Å². The van der Waals surface area contributed by atoms with Crippen molar-refractivity contribution >= 4 is 17.5 Å². The number of rotatable bonds is 4. The summed E-state index contributed by atoms with van der Waals surface area (Å²) < 4.78 is 22.2. The molecule has 182 valence electrons. The minimum Gasteiger partial charge on any atom is -0.375 e. The number of fused-ring (bicyclic) bond motifs is 3. The zero-order valence-corrected chi connectivity index (χ0v) is 20.4. The van der Waals surface area contributed by atoms with Crippen LogP contribution >= 0.6 is 11.6 Å². The average molecular weight is 496 g/mol. The van der Waals surface area contributed by atoms with E-state index in [0.29, 0.717) is 36.0 Å². The van der Waals surface area contributed by atoms with Crippen LogP contribution in [0.1, 0.15) is 41.7 Å². The number of halogens is 2. The van der Waals surface area contributed by atoms with Crippen LogP contribution in [0.25, 0.3) is 5.69 Å². The van der Waals surface area contributed by atoms with E-state index in [4.69, 9.17) is 16.3 Å². The molecule has 1 saturated carbocycles. The van der Waals surface area contributed by atoms with Gasteiger partial charge in [-0.05, 0) is 49.6 Å². The molecule has 1 spiro atoms. The van der Waals surface area contributed by atoms with Gasteiger partial charge < -0.3 is 9.64 Å². The monoisotopic (exact) mass is 495 g/mol. The van der Waals surface area contributed by atoms with Gasteiger partial charge in [0.1, 0.15) is 5.82 Å². The maximum absolute atomic E-state index is 14.9. The molecule has 0 atom stereocenters. The summed E-state index contributed by atoms with van der Waals surface area (Å²) in [6.45, 7) is 5.73. The molecule has 2 saturated heterocycles. The van der Waals surface area contributed by atoms with Gasteiger partial charge in [0.05, 0.1) is 25.4 Å². The van der Waals surface area contributed by atoms with Crippen LogP contribution in [-0.4, -0.2) is 68.1 Å². The summed E-state index contributed by atoms with van der Waals surface area (Å²) >= 11 is 6.36. The van der Waals surface area contributed by atoms with E-state index in [-0.39, 0.29) is 13.2 Å². The maximum atomic E-state index is 14.9. The Morgan fingerprint density at radius 3 is 2.71 bits per heavy atom. The zero-order chi connectivity index (χ0) is 23.8. The summed E-state index contributed by atoms with van der Waals surface area (Å²) in [4.78, 5) is 13.4. The van der Waals surface area contributed by atoms with Crippen LogP contribution in [0.4, 0.5) is 10.3 Å². The molecule has 0 unspecified atom stereocenters. The molecule has 3 aromatic rings. The molecule has 8 nitrogen and oxygen atoms in total. The van der Waals surface area contributed by atoms with Gasteiger partial charge in [-0.2, -0.15) is 0 Å². The molecule has 3 fully saturated rings. The highest BCUT2D eigenvalue weighted by Gasteiger charge is 2.55. The molecule has 3 aliphatic heterocycles. The summed E-state index contributed by atoms with van der Waals surface area (Å²) in [6.07, 6.45) is 3.98. The van der Waals surface area contributed by atoms with E-state index < -0.39 is 5.67 Å². The quantitative estimate of drug-likeness (QED) is 0.549. The van der Waals surface area contributed by atoms with Crippen molar-refractivity contribution in [3.63, 3.8) is 0 Å². The van der Waals surface area contributed by atoms with E-state index >= 15 is 0 Å². The van der Waals surface area contributed by atoms with Gasteiger partial charge in [0.15, 0.2) is 11.5 Å². The number of ether oxygens (including phenoxy) is 1. The summed E-state index contributed by atoms with van der Waals surface area (Å²) in [6, 6.07) is 7.87. The molecule has 35 heavy (non-hydrogen) atoms. The van der Waals surface area contributed by atoms with Crippen molar-refractivity contribution in [2.24, 2.45) is 5.41 Å². The highest BCUT2D eigenvalue weighted by atomic mass is 35.5. The first kappa shape index (κ1) is 21.6. The van der Waals surface area contributed by atoms with E-state index in [2.05, 4.69) is 34.5 Å². The Hall–Kier alpha value is -2.62. The smallest absolute Gasteiger partial charge is 0.225 e. The highest BCUT2D eigenvalue weighted by molar-refractivity contribution is 6.30. The summed E-state index contributed by atoms with van der Waals surface area (Å²) in [5.74, 6) is 3.03. The first-order chi connectivity index (χ1) is 16.9. The van der Waals surface area contributed by atoms with Crippen molar-refractivity contribution in [2.75, 3.05) is 37.7 Å². The lowest BCUT2D eigenvalue weighted by Crippen LogP contribution is -2.62. The number of alkyl halides is 1. The van der Waals surface area contributed by atoms with Gasteiger partial charge in [0, 0.05) is 54.4 Å². The molecule has 0 amide bonds. The van der Waals surface area contributed by atoms with Crippen molar-refractivity contribution in [3.05, 3.63) is 58.4 Å². The lowest BCUT2D eigenvalue weighted by atomic mass is 9.57. The Balaban J connectivity index is 1.13. The molecular formula is C25H27ClFN7O. The van der Waals surface area contributed by atoms with Crippen molar-refractivity contribution in [3.8, 4) is 5.69 Å². The van der Waals surface area contributed by atoms with Crippen LogP contribution in [0.15, 0.2) is 30.5 Å². The van der Waals surface area contributed by atoms with Gasteiger partial charge in [0.25, 0.3) is 0 Å². The van der Waals surface area contributed by atoms with E-state index in [1.165, 1.54) is 0 Å². The summed E-state index contributed by atoms with van der Waals surface area (Å²) in [5.41, 5.74) is 2.11. The van der Waals surface area contributed by atoms with Gasteiger partial charge in [-0.3, -0.25) is 9.47 Å². The van der Waals surface area contributed by atoms with Crippen molar-refractivity contribution in [1.29, 1.82) is 0 Å². The Morgan fingerprint density at radius 1 is 1.14 bits per heavy atom. The zero-order valence-electron chi connectivity index (χ0n) is 19.6. The number of hydrogen-bond donors (Lipinski definition) is 0. The summed E-state index contributed by atoms with van der Waals surface area (Å²) in [5, 5.41) is 9.92. The second-order valence-corrected chi connectivity index (χ2v) is 11.3. The molecule has 7 rings (SSSR count). The van der Waals surface area contributed by atoms with Crippen LogP contribution in [0.3, 0.4) is 0 Å². The van der Waals surface area contributed by atoms with Crippen LogP contribution in [0, 0.1) is 12.3 Å². The fourth-order valence-electron chi connectivity index (χ4n) is 6.20. The second-order valence-electron chi connectivity index (χ2n) is 10.8. The van der Waals surface area contributed by atoms with Crippen molar-refractivity contribution in [2.45, 2.75) is 44.4 Å². The molecule has 1 aliphatic carbocycles.